The fourth-order valence-electron chi connectivity index (χ4n) is 1.01. The first-order valence-electron chi connectivity index (χ1n) is 3.80. The summed E-state index contributed by atoms with van der Waals surface area (Å²) in [6.45, 7) is 0. The molecule has 0 saturated carbocycles. The number of rotatable bonds is 3. The second kappa shape index (κ2) is 4.38. The van der Waals surface area contributed by atoms with E-state index in [0.29, 0.717) is 17.6 Å². The Morgan fingerprint density at radius 1 is 1.57 bits per heavy atom. The predicted molar refractivity (Wildman–Crippen MR) is 47.6 cm³/mol. The predicted octanol–water partition coefficient (Wildman–Crippen LogP) is 0.627. The zero-order valence-electron chi connectivity index (χ0n) is 7.48. The molecule has 1 aromatic rings. The molecule has 0 aliphatic rings. The van der Waals surface area contributed by atoms with Gasteiger partial charge in [0, 0.05) is 5.56 Å². The average Bonchev–Trinajstić information content (AvgIpc) is 2.26. The lowest BCUT2D eigenvalue weighted by atomic mass is 10.1. The van der Waals surface area contributed by atoms with Crippen molar-refractivity contribution in [2.24, 2.45) is 0 Å². The third-order valence-electron chi connectivity index (χ3n) is 1.72. The maximum atomic E-state index is 11.0. The van der Waals surface area contributed by atoms with Gasteiger partial charge >= 0.3 is 0 Å². The smallest absolute Gasteiger partial charge is 0.274 e. The second-order valence-electron chi connectivity index (χ2n) is 2.52. The molecule has 0 aromatic heterocycles. The van der Waals surface area contributed by atoms with Gasteiger partial charge in [-0.15, -0.1) is 0 Å². The Kier molecular flexibility index (Phi) is 3.19. The van der Waals surface area contributed by atoms with Crippen LogP contribution in [-0.2, 0) is 0 Å². The van der Waals surface area contributed by atoms with Crippen LogP contribution in [0.5, 0.6) is 5.75 Å². The minimum Gasteiger partial charge on any atom is -0.496 e. The number of methoxy groups -OCH3 is 1. The Morgan fingerprint density at radius 2 is 2.29 bits per heavy atom. The molecule has 0 aliphatic heterocycles. The zero-order chi connectivity index (χ0) is 10.6. The molecule has 0 spiro atoms. The molecular weight excluding hydrogens is 186 g/mol. The first-order valence-corrected chi connectivity index (χ1v) is 3.80. The number of nitrogens with one attached hydrogen (secondary N) is 1. The number of amides is 1. The molecule has 1 rings (SSSR count). The van der Waals surface area contributed by atoms with Gasteiger partial charge in [-0.1, -0.05) is 0 Å². The van der Waals surface area contributed by atoms with Gasteiger partial charge in [0.1, 0.15) is 5.75 Å². The highest BCUT2D eigenvalue weighted by atomic mass is 16.5. The molecule has 0 fully saturated rings. The van der Waals surface area contributed by atoms with E-state index in [1.807, 2.05) is 0 Å². The minimum atomic E-state index is -0.652. The first kappa shape index (κ1) is 10.2. The molecule has 1 aromatic carbocycles. The molecule has 0 aliphatic carbocycles. The largest absolute Gasteiger partial charge is 0.496 e. The van der Waals surface area contributed by atoms with Crippen molar-refractivity contribution in [3.63, 3.8) is 0 Å². The number of hydroxylamine groups is 1. The molecule has 0 radical (unpaired) electrons. The molecule has 74 valence electrons. The van der Waals surface area contributed by atoms with Crippen molar-refractivity contribution in [1.29, 1.82) is 0 Å². The topological polar surface area (TPSA) is 75.6 Å². The van der Waals surface area contributed by atoms with E-state index >= 15 is 0 Å². The van der Waals surface area contributed by atoms with Crippen LogP contribution in [0, 0.1) is 0 Å². The minimum absolute atomic E-state index is 0.218. The third kappa shape index (κ3) is 1.89. The molecule has 5 nitrogen and oxygen atoms in total. The number of carbonyl (C=O) groups is 2. The number of ether oxygens (including phenoxy) is 1. The summed E-state index contributed by atoms with van der Waals surface area (Å²) in [6, 6.07) is 4.23. The summed E-state index contributed by atoms with van der Waals surface area (Å²) in [5.41, 5.74) is 2.05. The van der Waals surface area contributed by atoms with Crippen molar-refractivity contribution in [2.45, 2.75) is 0 Å². The lowest BCUT2D eigenvalue weighted by Crippen LogP contribution is -2.18. The molecule has 5 heteroatoms. The summed E-state index contributed by atoms with van der Waals surface area (Å²) in [5, 5.41) is 8.37. The van der Waals surface area contributed by atoms with Crippen molar-refractivity contribution in [1.82, 2.24) is 5.48 Å². The fourth-order valence-corrected chi connectivity index (χ4v) is 1.01. The quantitative estimate of drug-likeness (QED) is 0.421. The van der Waals surface area contributed by atoms with Crippen molar-refractivity contribution in [3.8, 4) is 5.75 Å². The van der Waals surface area contributed by atoms with E-state index in [1.165, 1.54) is 30.8 Å². The maximum Gasteiger partial charge on any atom is 0.274 e. The van der Waals surface area contributed by atoms with Crippen LogP contribution >= 0.6 is 0 Å². The molecule has 0 heterocycles. The van der Waals surface area contributed by atoms with E-state index in [9.17, 15) is 9.59 Å². The number of carbonyl (C=O) groups excluding carboxylic acids is 2. The van der Waals surface area contributed by atoms with Gasteiger partial charge in [-0.05, 0) is 18.2 Å². The van der Waals surface area contributed by atoms with Crippen molar-refractivity contribution >= 4 is 12.2 Å². The fraction of sp³-hybridized carbons (Fsp3) is 0.111. The summed E-state index contributed by atoms with van der Waals surface area (Å²) < 4.78 is 4.88. The van der Waals surface area contributed by atoms with Crippen LogP contribution < -0.4 is 10.2 Å². The summed E-state index contributed by atoms with van der Waals surface area (Å²) in [6.07, 6.45) is 0.624. The highest BCUT2D eigenvalue weighted by molar-refractivity contribution is 5.95. The summed E-state index contributed by atoms with van der Waals surface area (Å²) in [4.78, 5) is 21.5. The summed E-state index contributed by atoms with van der Waals surface area (Å²) in [7, 11) is 1.39. The highest BCUT2D eigenvalue weighted by Gasteiger charge is 2.08. The Labute approximate surface area is 80.3 Å². The van der Waals surface area contributed by atoms with E-state index < -0.39 is 5.91 Å². The second-order valence-corrected chi connectivity index (χ2v) is 2.52. The highest BCUT2D eigenvalue weighted by Crippen LogP contribution is 2.18. The lowest BCUT2D eigenvalue weighted by molar-refractivity contribution is 0.0706. The van der Waals surface area contributed by atoms with E-state index in [2.05, 4.69) is 0 Å². The van der Waals surface area contributed by atoms with E-state index in [-0.39, 0.29) is 5.56 Å². The number of aldehydes is 1. The van der Waals surface area contributed by atoms with Gasteiger partial charge in [-0.3, -0.25) is 14.8 Å². The molecule has 0 saturated heterocycles. The lowest BCUT2D eigenvalue weighted by Gasteiger charge is -2.05. The van der Waals surface area contributed by atoms with Crippen LogP contribution in [0.2, 0.25) is 0 Å². The SMILES string of the molecule is COc1cc(C(=O)NO)ccc1C=O. The van der Waals surface area contributed by atoms with Gasteiger partial charge in [-0.25, -0.2) is 5.48 Å². The Hall–Kier alpha value is -1.88. The molecule has 2 N–H and O–H groups in total. The Morgan fingerprint density at radius 3 is 2.79 bits per heavy atom. The van der Waals surface area contributed by atoms with Crippen LogP contribution in [0.3, 0.4) is 0 Å². The standard InChI is InChI=1S/C9H9NO4/c1-14-8-4-6(9(12)10-13)2-3-7(8)5-11/h2-5,13H,1H3,(H,10,12). The van der Waals surface area contributed by atoms with Crippen LogP contribution in [0.15, 0.2) is 18.2 Å². The zero-order valence-corrected chi connectivity index (χ0v) is 7.48. The molecule has 0 bridgehead atoms. The van der Waals surface area contributed by atoms with Gasteiger partial charge in [0.2, 0.25) is 0 Å². The molecule has 0 atom stereocenters. The monoisotopic (exact) mass is 195 g/mol. The normalized spacial score (nSPS) is 9.29. The van der Waals surface area contributed by atoms with E-state index in [4.69, 9.17) is 9.94 Å². The maximum absolute atomic E-state index is 11.0. The van der Waals surface area contributed by atoms with Gasteiger partial charge < -0.3 is 4.74 Å². The number of hydrogen-bond donors (Lipinski definition) is 2. The van der Waals surface area contributed by atoms with Crippen molar-refractivity contribution < 1.29 is 19.5 Å². The Bertz CT molecular complexity index is 362. The van der Waals surface area contributed by atoms with Gasteiger partial charge in [0.05, 0.1) is 12.7 Å². The first-order chi connectivity index (χ1) is 6.72. The van der Waals surface area contributed by atoms with Gasteiger partial charge in [0.25, 0.3) is 5.91 Å². The van der Waals surface area contributed by atoms with Crippen molar-refractivity contribution in [3.05, 3.63) is 29.3 Å². The Balaban J connectivity index is 3.13. The third-order valence-corrected chi connectivity index (χ3v) is 1.72. The number of benzene rings is 1. The summed E-state index contributed by atoms with van der Waals surface area (Å²) in [5.74, 6) is -0.359. The van der Waals surface area contributed by atoms with E-state index in [1.54, 1.807) is 0 Å². The number of hydrogen-bond acceptors (Lipinski definition) is 4. The molecule has 0 unspecified atom stereocenters. The van der Waals surface area contributed by atoms with Gasteiger partial charge in [0.15, 0.2) is 6.29 Å². The molecule has 14 heavy (non-hydrogen) atoms. The van der Waals surface area contributed by atoms with Crippen molar-refractivity contribution in [2.75, 3.05) is 7.11 Å². The van der Waals surface area contributed by atoms with Crippen LogP contribution in [-0.4, -0.2) is 24.5 Å². The van der Waals surface area contributed by atoms with Crippen LogP contribution in [0.4, 0.5) is 0 Å². The molecular formula is C9H9NO4. The van der Waals surface area contributed by atoms with Crippen LogP contribution in [0.25, 0.3) is 0 Å². The van der Waals surface area contributed by atoms with Gasteiger partial charge in [-0.2, -0.15) is 0 Å². The summed E-state index contributed by atoms with van der Waals surface area (Å²) >= 11 is 0. The van der Waals surface area contributed by atoms with E-state index in [0.717, 1.165) is 0 Å². The molecule has 1 amide bonds. The van der Waals surface area contributed by atoms with Crippen LogP contribution in [0.1, 0.15) is 20.7 Å². The average molecular weight is 195 g/mol.